The van der Waals surface area contributed by atoms with Crippen LogP contribution in [0.5, 0.6) is 0 Å². The van der Waals surface area contributed by atoms with E-state index in [1.807, 2.05) is 12.3 Å². The Bertz CT molecular complexity index is 334. The molecule has 0 aromatic carbocycles. The molecular formula is C14H22N2O2. The van der Waals surface area contributed by atoms with Gasteiger partial charge < -0.3 is 14.8 Å². The van der Waals surface area contributed by atoms with Crippen molar-refractivity contribution in [3.8, 4) is 0 Å². The Labute approximate surface area is 109 Å². The highest BCUT2D eigenvalue weighted by Crippen LogP contribution is 2.13. The molecule has 0 bridgehead atoms. The second-order valence-electron chi connectivity index (χ2n) is 4.68. The monoisotopic (exact) mass is 250 g/mol. The molecule has 1 fully saturated rings. The largest absolute Gasteiger partial charge is 0.381 e. The minimum absolute atomic E-state index is 0.568. The third kappa shape index (κ3) is 4.37. The zero-order valence-electron chi connectivity index (χ0n) is 11.0. The van der Waals surface area contributed by atoms with Gasteiger partial charge >= 0.3 is 0 Å². The van der Waals surface area contributed by atoms with Gasteiger partial charge in [0.25, 0.3) is 0 Å². The average Bonchev–Trinajstić information content (AvgIpc) is 2.91. The fourth-order valence-electron chi connectivity index (χ4n) is 1.96. The van der Waals surface area contributed by atoms with E-state index in [4.69, 9.17) is 9.47 Å². The van der Waals surface area contributed by atoms with E-state index in [2.05, 4.69) is 23.3 Å². The summed E-state index contributed by atoms with van der Waals surface area (Å²) in [6, 6.07) is 4.14. The van der Waals surface area contributed by atoms with Crippen LogP contribution in [-0.2, 0) is 22.6 Å². The van der Waals surface area contributed by atoms with Gasteiger partial charge in [0.15, 0.2) is 0 Å². The Hall–Kier alpha value is -0.970. The molecule has 2 heterocycles. The molecule has 0 spiro atoms. The topological polar surface area (TPSA) is 43.4 Å². The Morgan fingerprint density at radius 3 is 3.11 bits per heavy atom. The van der Waals surface area contributed by atoms with Gasteiger partial charge in [-0.1, -0.05) is 13.0 Å². The van der Waals surface area contributed by atoms with Crippen LogP contribution in [-0.4, -0.2) is 31.3 Å². The summed E-state index contributed by atoms with van der Waals surface area (Å²) in [5.41, 5.74) is 2.21. The first-order valence-corrected chi connectivity index (χ1v) is 6.68. The molecule has 2 rings (SSSR count). The molecule has 1 saturated heterocycles. The van der Waals surface area contributed by atoms with E-state index in [-0.39, 0.29) is 0 Å². The second-order valence-corrected chi connectivity index (χ2v) is 4.68. The Balaban J connectivity index is 1.68. The van der Waals surface area contributed by atoms with E-state index < -0.39 is 0 Å². The molecule has 1 atom stereocenters. The maximum atomic E-state index is 5.67. The van der Waals surface area contributed by atoms with Crippen LogP contribution in [0.15, 0.2) is 18.3 Å². The number of rotatable bonds is 7. The van der Waals surface area contributed by atoms with Gasteiger partial charge in [0.2, 0.25) is 0 Å². The molecule has 1 unspecified atom stereocenters. The zero-order valence-corrected chi connectivity index (χ0v) is 11.0. The lowest BCUT2D eigenvalue weighted by molar-refractivity contribution is 0.0773. The fourth-order valence-corrected chi connectivity index (χ4v) is 1.96. The lowest BCUT2D eigenvalue weighted by Gasteiger charge is -2.08. The molecule has 0 aliphatic carbocycles. The van der Waals surface area contributed by atoms with Crippen LogP contribution in [0.25, 0.3) is 0 Å². The summed E-state index contributed by atoms with van der Waals surface area (Å²) < 4.78 is 11.0. The fraction of sp³-hybridized carbons (Fsp3) is 0.643. The minimum Gasteiger partial charge on any atom is -0.381 e. The lowest BCUT2D eigenvalue weighted by Crippen LogP contribution is -2.12. The standard InChI is InChI=1S/C14H22N2O2/c1-2-15-7-12-3-4-14(16-8-12)11-18-10-13-5-6-17-9-13/h3-4,8,13,15H,2,5-7,9-11H2,1H3. The summed E-state index contributed by atoms with van der Waals surface area (Å²) in [4.78, 5) is 4.40. The number of nitrogens with one attached hydrogen (secondary N) is 1. The van der Waals surface area contributed by atoms with E-state index in [1.54, 1.807) is 0 Å². The van der Waals surface area contributed by atoms with Crippen molar-refractivity contribution >= 4 is 0 Å². The predicted molar refractivity (Wildman–Crippen MR) is 70.2 cm³/mol. The van der Waals surface area contributed by atoms with Gasteiger partial charge in [-0.05, 0) is 24.6 Å². The van der Waals surface area contributed by atoms with Crippen LogP contribution in [0, 0.1) is 5.92 Å². The first kappa shape index (κ1) is 13.5. The van der Waals surface area contributed by atoms with Gasteiger partial charge in [-0.3, -0.25) is 4.98 Å². The minimum atomic E-state index is 0.568. The number of hydrogen-bond donors (Lipinski definition) is 1. The lowest BCUT2D eigenvalue weighted by atomic mass is 10.1. The third-order valence-corrected chi connectivity index (χ3v) is 3.09. The summed E-state index contributed by atoms with van der Waals surface area (Å²) >= 11 is 0. The van der Waals surface area contributed by atoms with Crippen molar-refractivity contribution in [3.63, 3.8) is 0 Å². The quantitative estimate of drug-likeness (QED) is 0.800. The van der Waals surface area contributed by atoms with Crippen molar-refractivity contribution in [2.45, 2.75) is 26.5 Å². The van der Waals surface area contributed by atoms with Crippen molar-refractivity contribution in [2.24, 2.45) is 5.92 Å². The highest BCUT2D eigenvalue weighted by atomic mass is 16.5. The summed E-state index contributed by atoms with van der Waals surface area (Å²) in [6.07, 6.45) is 3.04. The number of hydrogen-bond acceptors (Lipinski definition) is 4. The number of pyridine rings is 1. The second kappa shape index (κ2) is 7.46. The zero-order chi connectivity index (χ0) is 12.6. The molecule has 18 heavy (non-hydrogen) atoms. The summed E-state index contributed by atoms with van der Waals surface area (Å²) in [7, 11) is 0. The maximum absolute atomic E-state index is 5.67. The Morgan fingerprint density at radius 1 is 1.50 bits per heavy atom. The predicted octanol–water partition coefficient (Wildman–Crippen LogP) is 1.74. The van der Waals surface area contributed by atoms with Crippen molar-refractivity contribution in [1.82, 2.24) is 10.3 Å². The van der Waals surface area contributed by atoms with E-state index in [9.17, 15) is 0 Å². The van der Waals surface area contributed by atoms with Crippen molar-refractivity contribution < 1.29 is 9.47 Å². The van der Waals surface area contributed by atoms with Gasteiger partial charge in [0, 0.05) is 25.3 Å². The molecule has 1 aliphatic rings. The molecule has 0 saturated carbocycles. The van der Waals surface area contributed by atoms with Crippen LogP contribution in [0.4, 0.5) is 0 Å². The normalized spacial score (nSPS) is 19.3. The molecule has 1 aliphatic heterocycles. The molecule has 1 N–H and O–H groups in total. The van der Waals surface area contributed by atoms with Crippen molar-refractivity contribution in [2.75, 3.05) is 26.4 Å². The Kier molecular flexibility index (Phi) is 5.58. The summed E-state index contributed by atoms with van der Waals surface area (Å²) in [5, 5.41) is 3.28. The van der Waals surface area contributed by atoms with Gasteiger partial charge in [0.05, 0.1) is 25.5 Å². The number of nitrogens with zero attached hydrogens (tertiary/aromatic N) is 1. The van der Waals surface area contributed by atoms with E-state index in [0.29, 0.717) is 12.5 Å². The molecule has 4 heteroatoms. The maximum Gasteiger partial charge on any atom is 0.0887 e. The highest BCUT2D eigenvalue weighted by Gasteiger charge is 2.15. The van der Waals surface area contributed by atoms with E-state index in [1.165, 1.54) is 5.56 Å². The van der Waals surface area contributed by atoms with Crippen molar-refractivity contribution in [1.29, 1.82) is 0 Å². The number of ether oxygens (including phenoxy) is 2. The van der Waals surface area contributed by atoms with E-state index in [0.717, 1.165) is 45.0 Å². The molecule has 4 nitrogen and oxygen atoms in total. The van der Waals surface area contributed by atoms with E-state index >= 15 is 0 Å². The smallest absolute Gasteiger partial charge is 0.0887 e. The van der Waals surface area contributed by atoms with Gasteiger partial charge in [-0.2, -0.15) is 0 Å². The SMILES string of the molecule is CCNCc1ccc(COCC2CCOC2)nc1. The first-order chi connectivity index (χ1) is 8.88. The number of aromatic nitrogens is 1. The van der Waals surface area contributed by atoms with Gasteiger partial charge in [-0.25, -0.2) is 0 Å². The Morgan fingerprint density at radius 2 is 2.44 bits per heavy atom. The molecule has 1 aromatic heterocycles. The molecule has 0 radical (unpaired) electrons. The van der Waals surface area contributed by atoms with Crippen LogP contribution in [0.1, 0.15) is 24.6 Å². The van der Waals surface area contributed by atoms with Crippen molar-refractivity contribution in [3.05, 3.63) is 29.6 Å². The average molecular weight is 250 g/mol. The molecule has 0 amide bonds. The summed E-state index contributed by atoms with van der Waals surface area (Å²) in [6.45, 7) is 7.06. The van der Waals surface area contributed by atoms with Crippen LogP contribution in [0.3, 0.4) is 0 Å². The highest BCUT2D eigenvalue weighted by molar-refractivity contribution is 5.13. The summed E-state index contributed by atoms with van der Waals surface area (Å²) in [5.74, 6) is 0.568. The van der Waals surface area contributed by atoms with Gasteiger partial charge in [-0.15, -0.1) is 0 Å². The molecule has 1 aromatic rings. The first-order valence-electron chi connectivity index (χ1n) is 6.68. The van der Waals surface area contributed by atoms with Gasteiger partial charge in [0.1, 0.15) is 0 Å². The van der Waals surface area contributed by atoms with Crippen LogP contribution >= 0.6 is 0 Å². The molecular weight excluding hydrogens is 228 g/mol. The third-order valence-electron chi connectivity index (χ3n) is 3.09. The van der Waals surface area contributed by atoms with Crippen LogP contribution < -0.4 is 5.32 Å². The molecule has 100 valence electrons. The van der Waals surface area contributed by atoms with Crippen LogP contribution in [0.2, 0.25) is 0 Å².